The van der Waals surface area contributed by atoms with Crippen molar-refractivity contribution in [2.75, 3.05) is 0 Å². The number of pyridine rings is 4. The monoisotopic (exact) mass is 817 g/mol. The van der Waals surface area contributed by atoms with Crippen molar-refractivity contribution >= 4 is 43.6 Å². The predicted molar refractivity (Wildman–Crippen MR) is 259 cm³/mol. The average molecular weight is 818 g/mol. The van der Waals surface area contributed by atoms with Crippen molar-refractivity contribution in [3.05, 3.63) is 212 Å². The molecule has 0 atom stereocenters. The first kappa shape index (κ1) is 37.0. The van der Waals surface area contributed by atoms with Gasteiger partial charge in [0.15, 0.2) is 17.5 Å². The van der Waals surface area contributed by atoms with E-state index >= 15 is 0 Å². The van der Waals surface area contributed by atoms with Crippen LogP contribution in [-0.2, 0) is 0 Å². The Labute approximate surface area is 368 Å². The Morgan fingerprint density at radius 1 is 0.203 bits per heavy atom. The van der Waals surface area contributed by atoms with Crippen molar-refractivity contribution in [1.29, 1.82) is 0 Å². The van der Waals surface area contributed by atoms with E-state index in [1.807, 2.05) is 91.0 Å². The van der Waals surface area contributed by atoms with Gasteiger partial charge in [0, 0.05) is 60.5 Å². The minimum atomic E-state index is 0.600. The van der Waals surface area contributed by atoms with Gasteiger partial charge in [-0.25, -0.2) is 34.9 Å². The number of benzene rings is 7. The van der Waals surface area contributed by atoms with E-state index < -0.39 is 0 Å². The quantitative estimate of drug-likeness (QED) is 0.148. The molecule has 0 spiro atoms. The summed E-state index contributed by atoms with van der Waals surface area (Å²) in [5.41, 5.74) is 13.8. The van der Waals surface area contributed by atoms with Gasteiger partial charge in [-0.3, -0.25) is 0 Å². The predicted octanol–water partition coefficient (Wildman–Crippen LogP) is 13.7. The number of aromatic nitrogens is 7. The molecule has 0 radical (unpaired) electrons. The van der Waals surface area contributed by atoms with Gasteiger partial charge in [-0.1, -0.05) is 170 Å². The summed E-state index contributed by atoms with van der Waals surface area (Å²) in [6.07, 6.45) is 0. The van der Waals surface area contributed by atoms with Gasteiger partial charge >= 0.3 is 0 Å². The molecule has 5 heterocycles. The summed E-state index contributed by atoms with van der Waals surface area (Å²) in [6, 6.07) is 72.3. The molecule has 0 bridgehead atoms. The van der Waals surface area contributed by atoms with Gasteiger partial charge in [-0.15, -0.1) is 0 Å². The van der Waals surface area contributed by atoms with E-state index in [1.165, 1.54) is 0 Å². The number of fused-ring (bicyclic) bond motifs is 5. The van der Waals surface area contributed by atoms with Gasteiger partial charge < -0.3 is 0 Å². The Morgan fingerprint density at radius 2 is 0.547 bits per heavy atom. The Kier molecular flexibility index (Phi) is 9.01. The standard InChI is InChI=1S/C57H35N7/c1-4-11-36(12-5-1)47-31-27-39-21-22-40-28-32-50(61-54(40)53(39)60-47)45-24-20-38-26-30-49(59-52(38)35-45)44-23-19-37-25-29-48(58-51(37)34-44)43-17-10-18-46(33-43)57-63-55(41-13-6-2-7-14-41)62-56(64-57)42-15-8-3-9-16-42/h1-35H. The average Bonchev–Trinajstić information content (AvgIpc) is 3.38. The number of hydrogen-bond acceptors (Lipinski definition) is 7. The first-order valence-corrected chi connectivity index (χ1v) is 21.2. The van der Waals surface area contributed by atoms with Crippen LogP contribution in [0.1, 0.15) is 0 Å². The van der Waals surface area contributed by atoms with Gasteiger partial charge in [-0.05, 0) is 42.5 Å². The van der Waals surface area contributed by atoms with Crippen molar-refractivity contribution in [2.45, 2.75) is 0 Å². The van der Waals surface area contributed by atoms with Crippen molar-refractivity contribution < 1.29 is 0 Å². The first-order valence-electron chi connectivity index (χ1n) is 21.2. The zero-order valence-electron chi connectivity index (χ0n) is 34.3. The molecule has 64 heavy (non-hydrogen) atoms. The Balaban J connectivity index is 0.877. The lowest BCUT2D eigenvalue weighted by Gasteiger charge is -2.10. The van der Waals surface area contributed by atoms with Crippen LogP contribution in [0.25, 0.3) is 123 Å². The highest BCUT2D eigenvalue weighted by Crippen LogP contribution is 2.33. The highest BCUT2D eigenvalue weighted by atomic mass is 15.0. The third-order valence-electron chi connectivity index (χ3n) is 11.7. The van der Waals surface area contributed by atoms with E-state index in [2.05, 4.69) is 121 Å². The molecule has 12 rings (SSSR count). The molecule has 0 aliphatic rings. The van der Waals surface area contributed by atoms with E-state index in [1.54, 1.807) is 0 Å². The van der Waals surface area contributed by atoms with Gasteiger partial charge in [0.2, 0.25) is 0 Å². The van der Waals surface area contributed by atoms with Crippen LogP contribution < -0.4 is 0 Å². The zero-order valence-corrected chi connectivity index (χ0v) is 34.3. The number of rotatable bonds is 7. The molecule has 298 valence electrons. The van der Waals surface area contributed by atoms with E-state index in [0.29, 0.717) is 17.5 Å². The maximum atomic E-state index is 5.21. The van der Waals surface area contributed by atoms with Crippen molar-refractivity contribution in [2.24, 2.45) is 0 Å². The molecule has 0 aliphatic heterocycles. The normalized spacial score (nSPS) is 11.4. The fourth-order valence-corrected chi connectivity index (χ4v) is 8.33. The maximum absolute atomic E-state index is 5.21. The lowest BCUT2D eigenvalue weighted by molar-refractivity contribution is 1.07. The second-order valence-corrected chi connectivity index (χ2v) is 15.8. The van der Waals surface area contributed by atoms with Gasteiger partial charge in [0.1, 0.15) is 0 Å². The van der Waals surface area contributed by atoms with E-state index in [0.717, 1.165) is 105 Å². The molecular weight excluding hydrogens is 783 g/mol. The fraction of sp³-hybridized carbons (Fsp3) is 0. The van der Waals surface area contributed by atoms with Crippen molar-refractivity contribution in [3.63, 3.8) is 0 Å². The largest absolute Gasteiger partial charge is 0.248 e. The highest BCUT2D eigenvalue weighted by molar-refractivity contribution is 6.04. The lowest BCUT2D eigenvalue weighted by atomic mass is 10.0. The molecule has 0 fully saturated rings. The molecule has 5 aromatic heterocycles. The minimum absolute atomic E-state index is 0.600. The van der Waals surface area contributed by atoms with Crippen LogP contribution in [0, 0.1) is 0 Å². The van der Waals surface area contributed by atoms with Gasteiger partial charge in [-0.2, -0.15) is 0 Å². The van der Waals surface area contributed by atoms with E-state index in [4.69, 9.17) is 34.9 Å². The summed E-state index contributed by atoms with van der Waals surface area (Å²) in [4.78, 5) is 35.5. The molecule has 0 amide bonds. The van der Waals surface area contributed by atoms with Crippen LogP contribution in [0.2, 0.25) is 0 Å². The van der Waals surface area contributed by atoms with Crippen LogP contribution in [-0.4, -0.2) is 34.9 Å². The van der Waals surface area contributed by atoms with Crippen LogP contribution in [0.15, 0.2) is 212 Å². The molecule has 0 saturated heterocycles. The molecule has 7 nitrogen and oxygen atoms in total. The second-order valence-electron chi connectivity index (χ2n) is 15.8. The summed E-state index contributed by atoms with van der Waals surface area (Å²) < 4.78 is 0. The van der Waals surface area contributed by atoms with Crippen molar-refractivity contribution in [1.82, 2.24) is 34.9 Å². The molecule has 7 heteroatoms. The molecular formula is C57H35N7. The summed E-state index contributed by atoms with van der Waals surface area (Å²) in [5.74, 6) is 1.85. The van der Waals surface area contributed by atoms with Crippen LogP contribution in [0.3, 0.4) is 0 Å². The number of hydrogen-bond donors (Lipinski definition) is 0. The second kappa shape index (κ2) is 15.6. The molecule has 0 unspecified atom stereocenters. The molecule has 12 aromatic rings. The van der Waals surface area contributed by atoms with Crippen LogP contribution >= 0.6 is 0 Å². The molecule has 0 aliphatic carbocycles. The first-order chi connectivity index (χ1) is 31.6. The lowest BCUT2D eigenvalue weighted by Crippen LogP contribution is -2.00. The summed E-state index contributed by atoms with van der Waals surface area (Å²) in [6.45, 7) is 0. The highest BCUT2D eigenvalue weighted by Gasteiger charge is 2.15. The van der Waals surface area contributed by atoms with Crippen LogP contribution in [0.4, 0.5) is 0 Å². The topological polar surface area (TPSA) is 90.2 Å². The van der Waals surface area contributed by atoms with Gasteiger partial charge in [0.25, 0.3) is 0 Å². The SMILES string of the molecule is c1ccc(-c2ccc3ccc4ccc(-c5ccc6ccc(-c7ccc8ccc(-c9cccc(-c%10nc(-c%11ccccc%11)nc(-c%11ccccc%11)n%10)c9)nc8c7)nc6c5)nc4c3n2)cc1. The maximum Gasteiger partial charge on any atom is 0.164 e. The van der Waals surface area contributed by atoms with E-state index in [-0.39, 0.29) is 0 Å². The third-order valence-corrected chi connectivity index (χ3v) is 11.7. The smallest absolute Gasteiger partial charge is 0.164 e. The Hall–Kier alpha value is -8.81. The Morgan fingerprint density at radius 3 is 1.05 bits per heavy atom. The molecule has 7 aromatic carbocycles. The molecule has 0 saturated carbocycles. The molecule has 0 N–H and O–H groups in total. The van der Waals surface area contributed by atoms with E-state index in [9.17, 15) is 0 Å². The summed E-state index contributed by atoms with van der Waals surface area (Å²) >= 11 is 0. The number of nitrogens with zero attached hydrogens (tertiary/aromatic N) is 7. The van der Waals surface area contributed by atoms with Crippen LogP contribution in [0.5, 0.6) is 0 Å². The van der Waals surface area contributed by atoms with Gasteiger partial charge in [0.05, 0.1) is 44.8 Å². The minimum Gasteiger partial charge on any atom is -0.248 e. The third kappa shape index (κ3) is 6.97. The fourth-order valence-electron chi connectivity index (χ4n) is 8.33. The summed E-state index contributed by atoms with van der Waals surface area (Å²) in [7, 11) is 0. The van der Waals surface area contributed by atoms with Crippen molar-refractivity contribution in [3.8, 4) is 79.2 Å². The zero-order chi connectivity index (χ0) is 42.4. The summed E-state index contributed by atoms with van der Waals surface area (Å²) in [5, 5.41) is 4.21. The Bertz CT molecular complexity index is 3670.